The maximum Gasteiger partial charge on any atom is 0.266 e. The Hall–Kier alpha value is -3.83. The average molecular weight is 609 g/mol. The van der Waals surface area contributed by atoms with E-state index in [9.17, 15) is 18.0 Å². The van der Waals surface area contributed by atoms with Gasteiger partial charge in [-0.25, -0.2) is 22.7 Å². The first kappa shape index (κ1) is 33.7. The van der Waals surface area contributed by atoms with Gasteiger partial charge in [-0.05, 0) is 67.4 Å². The topological polar surface area (TPSA) is 125 Å². The third-order valence-electron chi connectivity index (χ3n) is 6.22. The fraction of sp³-hybridized carbons (Fsp3) is 0.438. The van der Waals surface area contributed by atoms with E-state index < -0.39 is 15.9 Å². The van der Waals surface area contributed by atoms with Crippen LogP contribution in [0.5, 0.6) is 0 Å². The zero-order valence-corrected chi connectivity index (χ0v) is 27.2. The first-order valence-corrected chi connectivity index (χ1v) is 15.7. The van der Waals surface area contributed by atoms with Crippen molar-refractivity contribution in [3.05, 3.63) is 60.8 Å². The standard InChI is InChI=1S/C32H44N6O4S/c1-31(2,3)21-28(39)34-24-11-9-23(10-12-24)27-17-18-33-30(36-27)35-25-13-15-26(16-14-25)43(41,42)38(20-19-37(7)8)29(40)22-32(4,5)6/h9-18H,19-22H2,1-8H3,(H,34,39)(H,33,35,36). The van der Waals surface area contributed by atoms with Crippen molar-refractivity contribution >= 4 is 39.2 Å². The Bertz CT molecular complexity index is 1510. The summed E-state index contributed by atoms with van der Waals surface area (Å²) in [6.45, 7) is 12.3. The number of carbonyl (C=O) groups is 2. The first-order chi connectivity index (χ1) is 19.9. The van der Waals surface area contributed by atoms with E-state index in [1.54, 1.807) is 24.4 Å². The minimum Gasteiger partial charge on any atom is -0.326 e. The van der Waals surface area contributed by atoms with Crippen LogP contribution < -0.4 is 10.6 Å². The second-order valence-electron chi connectivity index (χ2n) is 13.3. The Labute approximate surface area is 256 Å². The molecule has 1 heterocycles. The Morgan fingerprint density at radius 3 is 1.93 bits per heavy atom. The summed E-state index contributed by atoms with van der Waals surface area (Å²) in [5, 5.41) is 6.03. The highest BCUT2D eigenvalue weighted by Gasteiger charge is 2.31. The molecule has 11 heteroatoms. The summed E-state index contributed by atoms with van der Waals surface area (Å²) in [4.78, 5) is 36.1. The number of hydrogen-bond acceptors (Lipinski definition) is 8. The molecule has 3 aromatic rings. The van der Waals surface area contributed by atoms with Crippen LogP contribution in [0.1, 0.15) is 54.4 Å². The minimum atomic E-state index is -4.05. The average Bonchev–Trinajstić information content (AvgIpc) is 2.87. The maximum atomic E-state index is 13.5. The molecule has 232 valence electrons. The van der Waals surface area contributed by atoms with E-state index in [4.69, 9.17) is 0 Å². The predicted molar refractivity (Wildman–Crippen MR) is 171 cm³/mol. The van der Waals surface area contributed by atoms with Gasteiger partial charge in [-0.1, -0.05) is 53.7 Å². The van der Waals surface area contributed by atoms with Gasteiger partial charge < -0.3 is 15.5 Å². The SMILES string of the molecule is CN(C)CCN(C(=O)CC(C)(C)C)S(=O)(=O)c1ccc(Nc2nccc(-c3ccc(NC(=O)CC(C)(C)C)cc3)n2)cc1. The Morgan fingerprint density at radius 1 is 0.791 bits per heavy atom. The number of amides is 2. The van der Waals surface area contributed by atoms with Crippen LogP contribution in [0, 0.1) is 10.8 Å². The Balaban J connectivity index is 1.74. The molecular weight excluding hydrogens is 564 g/mol. The van der Waals surface area contributed by atoms with Crippen LogP contribution >= 0.6 is 0 Å². The van der Waals surface area contributed by atoms with Crippen LogP contribution in [0.3, 0.4) is 0 Å². The number of anilines is 3. The number of nitrogens with one attached hydrogen (secondary N) is 2. The van der Waals surface area contributed by atoms with Crippen molar-refractivity contribution in [2.75, 3.05) is 37.8 Å². The summed E-state index contributed by atoms with van der Waals surface area (Å²) in [5.41, 5.74) is 2.38. The van der Waals surface area contributed by atoms with Gasteiger partial charge in [-0.15, -0.1) is 0 Å². The summed E-state index contributed by atoms with van der Waals surface area (Å²) >= 11 is 0. The molecule has 0 radical (unpaired) electrons. The molecule has 1 aromatic heterocycles. The molecule has 0 saturated carbocycles. The minimum absolute atomic E-state index is 0.0309. The number of nitrogens with zero attached hydrogens (tertiary/aromatic N) is 4. The number of carbonyl (C=O) groups excluding carboxylic acids is 2. The van der Waals surface area contributed by atoms with Gasteiger partial charge in [0.2, 0.25) is 17.8 Å². The molecule has 0 aliphatic carbocycles. The van der Waals surface area contributed by atoms with Crippen molar-refractivity contribution in [2.45, 2.75) is 59.3 Å². The molecule has 0 aliphatic rings. The van der Waals surface area contributed by atoms with Crippen molar-refractivity contribution in [1.29, 1.82) is 0 Å². The van der Waals surface area contributed by atoms with Crippen molar-refractivity contribution in [3.63, 3.8) is 0 Å². The van der Waals surface area contributed by atoms with E-state index in [-0.39, 0.29) is 34.6 Å². The lowest BCUT2D eigenvalue weighted by molar-refractivity contribution is -0.128. The predicted octanol–water partition coefficient (Wildman–Crippen LogP) is 5.78. The van der Waals surface area contributed by atoms with E-state index in [1.165, 1.54) is 12.1 Å². The molecule has 0 unspecified atom stereocenters. The monoisotopic (exact) mass is 608 g/mol. The van der Waals surface area contributed by atoms with Crippen LogP contribution in [0.15, 0.2) is 65.7 Å². The third-order valence-corrected chi connectivity index (χ3v) is 8.05. The molecule has 2 amide bonds. The molecule has 0 spiro atoms. The molecule has 2 N–H and O–H groups in total. The zero-order chi connectivity index (χ0) is 32.0. The van der Waals surface area contributed by atoms with Crippen molar-refractivity contribution < 1.29 is 18.0 Å². The summed E-state index contributed by atoms with van der Waals surface area (Å²) in [6, 6.07) is 15.4. The van der Waals surface area contributed by atoms with Crippen molar-refractivity contribution in [3.8, 4) is 11.3 Å². The molecule has 0 atom stereocenters. The number of rotatable bonds is 11. The van der Waals surface area contributed by atoms with E-state index in [1.807, 2.05) is 84.8 Å². The van der Waals surface area contributed by atoms with E-state index >= 15 is 0 Å². The summed E-state index contributed by atoms with van der Waals surface area (Å²) in [5.74, 6) is -0.129. The van der Waals surface area contributed by atoms with Crippen LogP contribution in [0.25, 0.3) is 11.3 Å². The first-order valence-electron chi connectivity index (χ1n) is 14.2. The summed E-state index contributed by atoms with van der Waals surface area (Å²) < 4.78 is 28.0. The number of benzene rings is 2. The fourth-order valence-corrected chi connectivity index (χ4v) is 5.56. The van der Waals surface area contributed by atoms with Crippen LogP contribution in [0.2, 0.25) is 0 Å². The second-order valence-corrected chi connectivity index (χ2v) is 15.2. The Morgan fingerprint density at radius 2 is 1.37 bits per heavy atom. The highest BCUT2D eigenvalue weighted by molar-refractivity contribution is 7.89. The molecule has 0 saturated heterocycles. The molecule has 10 nitrogen and oxygen atoms in total. The smallest absolute Gasteiger partial charge is 0.266 e. The van der Waals surface area contributed by atoms with Crippen molar-refractivity contribution in [1.82, 2.24) is 19.2 Å². The van der Waals surface area contributed by atoms with Crippen molar-refractivity contribution in [2.24, 2.45) is 10.8 Å². The van der Waals surface area contributed by atoms with Gasteiger partial charge in [0.25, 0.3) is 10.0 Å². The number of likely N-dealkylation sites (N-methyl/N-ethyl adjacent to an activating group) is 1. The number of sulfonamides is 1. The van der Waals surface area contributed by atoms with E-state index in [2.05, 4.69) is 20.6 Å². The van der Waals surface area contributed by atoms with Crippen LogP contribution in [-0.4, -0.2) is 66.6 Å². The van der Waals surface area contributed by atoms with Gasteiger partial charge in [-0.2, -0.15) is 0 Å². The molecule has 0 bridgehead atoms. The normalized spacial score (nSPS) is 12.2. The van der Waals surface area contributed by atoms with Gasteiger partial charge in [-0.3, -0.25) is 9.59 Å². The molecule has 0 aliphatic heterocycles. The largest absolute Gasteiger partial charge is 0.326 e. The van der Waals surface area contributed by atoms with Crippen LogP contribution in [-0.2, 0) is 19.6 Å². The highest BCUT2D eigenvalue weighted by atomic mass is 32.2. The van der Waals surface area contributed by atoms with Gasteiger partial charge in [0.15, 0.2) is 0 Å². The lowest BCUT2D eigenvalue weighted by Gasteiger charge is -2.27. The lowest BCUT2D eigenvalue weighted by Crippen LogP contribution is -2.42. The number of hydrogen-bond donors (Lipinski definition) is 2. The van der Waals surface area contributed by atoms with E-state index in [0.29, 0.717) is 36.0 Å². The highest BCUT2D eigenvalue weighted by Crippen LogP contribution is 2.26. The lowest BCUT2D eigenvalue weighted by atomic mass is 9.92. The molecule has 0 fully saturated rings. The third kappa shape index (κ3) is 10.4. The molecule has 43 heavy (non-hydrogen) atoms. The maximum absolute atomic E-state index is 13.5. The fourth-order valence-electron chi connectivity index (χ4n) is 4.17. The molecular formula is C32H44N6O4S. The Kier molecular flexibility index (Phi) is 10.7. The van der Waals surface area contributed by atoms with Gasteiger partial charge in [0.1, 0.15) is 0 Å². The van der Waals surface area contributed by atoms with Crippen LogP contribution in [0.4, 0.5) is 17.3 Å². The summed E-state index contributed by atoms with van der Waals surface area (Å²) in [6.07, 6.45) is 2.17. The molecule has 2 aromatic carbocycles. The second kappa shape index (κ2) is 13.6. The van der Waals surface area contributed by atoms with Gasteiger partial charge >= 0.3 is 0 Å². The zero-order valence-electron chi connectivity index (χ0n) is 26.4. The van der Waals surface area contributed by atoms with E-state index in [0.717, 1.165) is 9.87 Å². The number of aromatic nitrogens is 2. The summed E-state index contributed by atoms with van der Waals surface area (Å²) in [7, 11) is -0.382. The quantitative estimate of drug-likeness (QED) is 0.281. The molecule has 3 rings (SSSR count). The van der Waals surface area contributed by atoms with Gasteiger partial charge in [0, 0.05) is 49.1 Å². The van der Waals surface area contributed by atoms with Gasteiger partial charge in [0.05, 0.1) is 10.6 Å².